The van der Waals surface area contributed by atoms with Crippen LogP contribution in [-0.4, -0.2) is 18.0 Å². The number of primary sulfonamides is 1. The van der Waals surface area contributed by atoms with Crippen LogP contribution in [0.5, 0.6) is 0 Å². The zero-order chi connectivity index (χ0) is 19.1. The third-order valence-electron chi connectivity index (χ3n) is 3.54. The van der Waals surface area contributed by atoms with Gasteiger partial charge in [-0.3, -0.25) is 4.57 Å². The number of hydrogen-bond acceptors (Lipinski definition) is 3. The summed E-state index contributed by atoms with van der Waals surface area (Å²) < 4.78 is 64.1. The Hall–Kier alpha value is -2.17. The van der Waals surface area contributed by atoms with Gasteiger partial charge in [-0.25, -0.2) is 18.5 Å². The van der Waals surface area contributed by atoms with Gasteiger partial charge in [0.15, 0.2) is 5.69 Å². The van der Waals surface area contributed by atoms with E-state index in [0.717, 1.165) is 10.7 Å². The van der Waals surface area contributed by atoms with E-state index < -0.39 is 21.9 Å². The molecule has 5 nitrogen and oxygen atoms in total. The van der Waals surface area contributed by atoms with Crippen molar-refractivity contribution < 1.29 is 21.6 Å². The summed E-state index contributed by atoms with van der Waals surface area (Å²) in [5, 5.41) is 5.04. The molecule has 0 aliphatic rings. The molecule has 0 spiro atoms. The van der Waals surface area contributed by atoms with Gasteiger partial charge in [-0.2, -0.15) is 13.2 Å². The molecular weight excluding hydrogens is 435 g/mol. The van der Waals surface area contributed by atoms with Gasteiger partial charge in [-0.1, -0.05) is 28.1 Å². The van der Waals surface area contributed by atoms with Crippen LogP contribution < -0.4 is 5.14 Å². The Morgan fingerprint density at radius 1 is 1.00 bits per heavy atom. The molecule has 0 fully saturated rings. The van der Waals surface area contributed by atoms with Gasteiger partial charge < -0.3 is 0 Å². The predicted octanol–water partition coefficient (Wildman–Crippen LogP) is 3.97. The lowest BCUT2D eigenvalue weighted by atomic mass is 10.2. The number of benzene rings is 2. The summed E-state index contributed by atoms with van der Waals surface area (Å²) in [7, 11) is -3.90. The van der Waals surface area contributed by atoms with Crippen LogP contribution in [0.15, 0.2) is 64.1 Å². The Morgan fingerprint density at radius 2 is 1.58 bits per heavy atom. The van der Waals surface area contributed by atoms with Gasteiger partial charge in [0.25, 0.3) is 0 Å². The van der Waals surface area contributed by atoms with Crippen molar-refractivity contribution in [3.05, 3.63) is 64.9 Å². The summed E-state index contributed by atoms with van der Waals surface area (Å²) in [6, 6.07) is 11.8. The van der Waals surface area contributed by atoms with Gasteiger partial charge in [0.1, 0.15) is 5.82 Å². The smallest absolute Gasteiger partial charge is 0.299 e. The van der Waals surface area contributed by atoms with E-state index in [-0.39, 0.29) is 10.7 Å². The maximum atomic E-state index is 13.1. The molecule has 0 saturated heterocycles. The van der Waals surface area contributed by atoms with Crippen molar-refractivity contribution >= 4 is 26.0 Å². The van der Waals surface area contributed by atoms with Crippen molar-refractivity contribution in [2.24, 2.45) is 5.14 Å². The fourth-order valence-electron chi connectivity index (χ4n) is 2.31. The van der Waals surface area contributed by atoms with Crippen molar-refractivity contribution in [3.8, 4) is 17.1 Å². The van der Waals surface area contributed by atoms with Crippen LogP contribution in [-0.2, 0) is 16.2 Å². The molecule has 0 amide bonds. The largest absolute Gasteiger partial charge is 0.434 e. The number of halogens is 4. The quantitative estimate of drug-likeness (QED) is 0.662. The predicted molar refractivity (Wildman–Crippen MR) is 93.1 cm³/mol. The molecule has 0 bridgehead atoms. The first-order chi connectivity index (χ1) is 12.1. The average Bonchev–Trinajstić information content (AvgIpc) is 3.00. The van der Waals surface area contributed by atoms with E-state index in [1.807, 2.05) is 0 Å². The Kier molecular flexibility index (Phi) is 4.67. The highest BCUT2D eigenvalue weighted by atomic mass is 79.9. The third kappa shape index (κ3) is 3.81. The summed E-state index contributed by atoms with van der Waals surface area (Å²) in [4.78, 5) is 3.57. The average molecular weight is 446 g/mol. The van der Waals surface area contributed by atoms with E-state index in [9.17, 15) is 21.6 Å². The molecule has 0 aliphatic heterocycles. The van der Waals surface area contributed by atoms with Gasteiger partial charge in [-0.15, -0.1) is 0 Å². The number of alkyl halides is 3. The molecule has 0 unspecified atom stereocenters. The molecule has 0 saturated carbocycles. The lowest BCUT2D eigenvalue weighted by molar-refractivity contribution is -0.140. The number of rotatable bonds is 3. The summed E-state index contributed by atoms with van der Waals surface area (Å²) in [6.07, 6.45) is -3.75. The fourth-order valence-corrected chi connectivity index (χ4v) is 3.09. The summed E-state index contributed by atoms with van der Waals surface area (Å²) in [6.45, 7) is 0. The van der Waals surface area contributed by atoms with Crippen LogP contribution in [0.3, 0.4) is 0 Å². The third-order valence-corrected chi connectivity index (χ3v) is 5.00. The molecule has 136 valence electrons. The molecule has 3 rings (SSSR count). The maximum absolute atomic E-state index is 13.1. The zero-order valence-electron chi connectivity index (χ0n) is 12.9. The molecule has 0 aliphatic carbocycles. The second kappa shape index (κ2) is 6.53. The van der Waals surface area contributed by atoms with Crippen molar-refractivity contribution in [1.82, 2.24) is 9.55 Å². The molecule has 2 aromatic carbocycles. The Bertz CT molecular complexity index is 1040. The normalized spacial score (nSPS) is 12.3. The van der Waals surface area contributed by atoms with E-state index >= 15 is 0 Å². The van der Waals surface area contributed by atoms with Gasteiger partial charge in [0.2, 0.25) is 10.0 Å². The molecule has 0 radical (unpaired) electrons. The maximum Gasteiger partial charge on any atom is 0.434 e. The highest BCUT2D eigenvalue weighted by Gasteiger charge is 2.35. The lowest BCUT2D eigenvalue weighted by Gasteiger charge is -2.08. The van der Waals surface area contributed by atoms with E-state index in [1.165, 1.54) is 28.8 Å². The van der Waals surface area contributed by atoms with Gasteiger partial charge in [-0.05, 0) is 36.4 Å². The van der Waals surface area contributed by atoms with E-state index in [1.54, 1.807) is 24.3 Å². The van der Waals surface area contributed by atoms with Gasteiger partial charge >= 0.3 is 6.18 Å². The minimum atomic E-state index is -4.62. The number of imidazole rings is 1. The van der Waals surface area contributed by atoms with Crippen LogP contribution in [0.25, 0.3) is 17.1 Å². The van der Waals surface area contributed by atoms with E-state index in [4.69, 9.17) is 5.14 Å². The summed E-state index contributed by atoms with van der Waals surface area (Å²) in [5.41, 5.74) is -0.261. The molecule has 3 aromatic rings. The molecular formula is C16H11BrF3N3O2S. The molecule has 1 aromatic heterocycles. The number of aromatic nitrogens is 2. The van der Waals surface area contributed by atoms with Gasteiger partial charge in [0, 0.05) is 21.9 Å². The van der Waals surface area contributed by atoms with Crippen LogP contribution >= 0.6 is 15.9 Å². The van der Waals surface area contributed by atoms with Crippen LogP contribution in [0.4, 0.5) is 13.2 Å². The second-order valence-corrected chi connectivity index (χ2v) is 7.84. The fraction of sp³-hybridized carbons (Fsp3) is 0.0625. The lowest BCUT2D eigenvalue weighted by Crippen LogP contribution is -2.12. The molecule has 2 N–H and O–H groups in total. The minimum absolute atomic E-state index is 0.0770. The second-order valence-electron chi connectivity index (χ2n) is 5.36. The first kappa shape index (κ1) is 18.6. The van der Waals surface area contributed by atoms with Gasteiger partial charge in [0.05, 0.1) is 4.90 Å². The number of nitrogens with zero attached hydrogens (tertiary/aromatic N) is 2. The Balaban J connectivity index is 2.16. The minimum Gasteiger partial charge on any atom is -0.299 e. The van der Waals surface area contributed by atoms with Crippen LogP contribution in [0.1, 0.15) is 5.69 Å². The van der Waals surface area contributed by atoms with E-state index in [0.29, 0.717) is 11.3 Å². The first-order valence-electron chi connectivity index (χ1n) is 7.11. The standard InChI is InChI=1S/C16H11BrF3N3O2S/c17-11-3-1-10(2-4-11)15-22-14(16(18,19)20)9-23(15)12-5-7-13(8-6-12)26(21,24)25/h1-9H,(H2,21,24,25). The van der Waals surface area contributed by atoms with Crippen LogP contribution in [0.2, 0.25) is 0 Å². The number of nitrogens with two attached hydrogens (primary N) is 1. The number of hydrogen-bond donors (Lipinski definition) is 1. The highest BCUT2D eigenvalue weighted by Crippen LogP contribution is 2.33. The van der Waals surface area contributed by atoms with Crippen molar-refractivity contribution in [2.75, 3.05) is 0 Å². The molecule has 1 heterocycles. The first-order valence-corrected chi connectivity index (χ1v) is 9.45. The SMILES string of the molecule is NS(=O)(=O)c1ccc(-n2cc(C(F)(F)F)nc2-c2ccc(Br)cc2)cc1. The van der Waals surface area contributed by atoms with E-state index in [2.05, 4.69) is 20.9 Å². The molecule has 26 heavy (non-hydrogen) atoms. The Morgan fingerprint density at radius 3 is 2.08 bits per heavy atom. The van der Waals surface area contributed by atoms with Crippen molar-refractivity contribution in [1.29, 1.82) is 0 Å². The summed E-state index contributed by atoms with van der Waals surface area (Å²) in [5.74, 6) is 0.0770. The van der Waals surface area contributed by atoms with Crippen molar-refractivity contribution in [3.63, 3.8) is 0 Å². The summed E-state index contributed by atoms with van der Waals surface area (Å²) >= 11 is 3.27. The monoisotopic (exact) mass is 445 g/mol. The Labute approximate surface area is 155 Å². The highest BCUT2D eigenvalue weighted by molar-refractivity contribution is 9.10. The number of sulfonamides is 1. The van der Waals surface area contributed by atoms with Crippen LogP contribution in [0, 0.1) is 0 Å². The van der Waals surface area contributed by atoms with Crippen molar-refractivity contribution in [2.45, 2.75) is 11.1 Å². The molecule has 0 atom stereocenters. The molecule has 10 heteroatoms. The zero-order valence-corrected chi connectivity index (χ0v) is 15.3. The topological polar surface area (TPSA) is 78.0 Å².